The van der Waals surface area contributed by atoms with Crippen molar-refractivity contribution in [3.05, 3.63) is 41.6 Å². The van der Waals surface area contributed by atoms with Crippen LogP contribution in [0.1, 0.15) is 18.9 Å². The van der Waals surface area contributed by atoms with Crippen LogP contribution in [0.3, 0.4) is 0 Å². The molecule has 0 spiro atoms. The molecular weight excluding hydrogens is 313 g/mol. The van der Waals surface area contributed by atoms with Gasteiger partial charge in [0.2, 0.25) is 0 Å². The minimum atomic E-state index is -4.39. The molecule has 1 fully saturated rings. The van der Waals surface area contributed by atoms with Gasteiger partial charge in [-0.3, -0.25) is 4.79 Å². The maximum atomic E-state index is 12.5. The minimum absolute atomic E-state index is 0.159. The number of carbonyl (C=O) groups is 2. The molecule has 0 aliphatic carbocycles. The Morgan fingerprint density at radius 3 is 2.48 bits per heavy atom. The van der Waals surface area contributed by atoms with Crippen LogP contribution in [-0.4, -0.2) is 30.1 Å². The van der Waals surface area contributed by atoms with Gasteiger partial charge in [0.25, 0.3) is 5.91 Å². The quantitative estimate of drug-likeness (QED) is 0.861. The lowest BCUT2D eigenvalue weighted by Crippen LogP contribution is -2.30. The van der Waals surface area contributed by atoms with E-state index >= 15 is 0 Å². The lowest BCUT2D eigenvalue weighted by Gasteiger charge is -2.13. The molecule has 0 bridgehead atoms. The van der Waals surface area contributed by atoms with Crippen molar-refractivity contribution in [2.24, 2.45) is 0 Å². The molecule has 2 rings (SSSR count). The van der Waals surface area contributed by atoms with Gasteiger partial charge >= 0.3 is 12.3 Å². The van der Waals surface area contributed by atoms with Crippen LogP contribution < -0.4 is 5.32 Å². The van der Waals surface area contributed by atoms with E-state index in [9.17, 15) is 22.8 Å². The van der Waals surface area contributed by atoms with E-state index in [0.29, 0.717) is 17.8 Å². The second-order valence-corrected chi connectivity index (χ2v) is 4.83. The summed E-state index contributed by atoms with van der Waals surface area (Å²) in [6.07, 6.45) is -3.41. The van der Waals surface area contributed by atoms with E-state index in [2.05, 4.69) is 10.1 Å². The van der Waals surface area contributed by atoms with Crippen molar-refractivity contribution in [2.45, 2.75) is 19.5 Å². The van der Waals surface area contributed by atoms with Gasteiger partial charge in [-0.1, -0.05) is 6.92 Å². The van der Waals surface area contributed by atoms with Gasteiger partial charge in [-0.15, -0.1) is 0 Å². The molecule has 0 radical (unpaired) electrons. The number of alkyl halides is 3. The summed E-state index contributed by atoms with van der Waals surface area (Å²) in [5.74, 6) is -0.524. The number of cyclic esters (lactones) is 1. The number of halogens is 3. The summed E-state index contributed by atoms with van der Waals surface area (Å²) in [6.45, 7) is 2.12. The standard InChI is InChI=1S/C15H15F3N2O3/c1-2-11(9-13(21)20-7-8-23-14(20)22)19-12-5-3-10(4-6-12)15(16,17)18/h3-6,9,19H,2,7-8H2,1H3/b11-9-. The maximum absolute atomic E-state index is 12.5. The Bertz CT molecular complexity index is 624. The van der Waals surface area contributed by atoms with Gasteiger partial charge in [-0.2, -0.15) is 13.2 Å². The van der Waals surface area contributed by atoms with Gasteiger partial charge in [0.15, 0.2) is 0 Å². The second-order valence-electron chi connectivity index (χ2n) is 4.83. The third-order valence-electron chi connectivity index (χ3n) is 3.22. The van der Waals surface area contributed by atoms with Gasteiger partial charge in [0, 0.05) is 17.5 Å². The molecular formula is C15H15F3N2O3. The highest BCUT2D eigenvalue weighted by Gasteiger charge is 2.30. The molecule has 1 aliphatic heterocycles. The van der Waals surface area contributed by atoms with Crippen molar-refractivity contribution in [1.29, 1.82) is 0 Å². The molecule has 0 aromatic heterocycles. The van der Waals surface area contributed by atoms with Gasteiger partial charge in [-0.25, -0.2) is 9.69 Å². The van der Waals surface area contributed by atoms with Gasteiger partial charge in [0.1, 0.15) is 6.61 Å². The molecule has 1 N–H and O–H groups in total. The summed E-state index contributed by atoms with van der Waals surface area (Å²) in [5.41, 5.74) is 0.151. The average molecular weight is 328 g/mol. The number of hydrogen-bond acceptors (Lipinski definition) is 4. The topological polar surface area (TPSA) is 58.6 Å². The predicted molar refractivity (Wildman–Crippen MR) is 76.5 cm³/mol. The largest absolute Gasteiger partial charge is 0.447 e. The van der Waals surface area contributed by atoms with Crippen LogP contribution in [0.25, 0.3) is 0 Å². The molecule has 124 valence electrons. The molecule has 23 heavy (non-hydrogen) atoms. The molecule has 1 saturated heterocycles. The Hall–Kier alpha value is -2.51. The minimum Gasteiger partial charge on any atom is -0.447 e. The Kier molecular flexibility index (Phi) is 4.92. The Morgan fingerprint density at radius 1 is 1.35 bits per heavy atom. The molecule has 8 heteroatoms. The van der Waals surface area contributed by atoms with Crippen LogP contribution in [0.4, 0.5) is 23.7 Å². The van der Waals surface area contributed by atoms with Crippen LogP contribution in [-0.2, 0) is 15.7 Å². The summed E-state index contributed by atoms with van der Waals surface area (Å²) in [6, 6.07) is 4.46. The first-order valence-corrected chi connectivity index (χ1v) is 6.94. The van der Waals surface area contributed by atoms with E-state index in [4.69, 9.17) is 0 Å². The van der Waals surface area contributed by atoms with Crippen molar-refractivity contribution >= 4 is 17.7 Å². The van der Waals surface area contributed by atoms with E-state index in [1.807, 2.05) is 0 Å². The molecule has 5 nitrogen and oxygen atoms in total. The van der Waals surface area contributed by atoms with Crippen LogP contribution in [0.15, 0.2) is 36.0 Å². The number of anilines is 1. The molecule has 0 saturated carbocycles. The van der Waals surface area contributed by atoms with Crippen molar-refractivity contribution < 1.29 is 27.5 Å². The zero-order valence-electron chi connectivity index (χ0n) is 12.3. The SMILES string of the molecule is CC/C(=C/C(=O)N1CCOC1=O)Nc1ccc(C(F)(F)F)cc1. The van der Waals surface area contributed by atoms with E-state index in [1.165, 1.54) is 18.2 Å². The Morgan fingerprint density at radius 2 is 2.00 bits per heavy atom. The number of nitrogens with zero attached hydrogens (tertiary/aromatic N) is 1. The Balaban J connectivity index is 2.08. The maximum Gasteiger partial charge on any atom is 0.416 e. The highest BCUT2D eigenvalue weighted by atomic mass is 19.4. The molecule has 1 aliphatic rings. The number of imide groups is 1. The molecule has 0 unspecified atom stereocenters. The first-order chi connectivity index (χ1) is 10.8. The van der Waals surface area contributed by atoms with Crippen molar-refractivity contribution in [1.82, 2.24) is 4.90 Å². The van der Waals surface area contributed by atoms with Crippen molar-refractivity contribution in [3.63, 3.8) is 0 Å². The van der Waals surface area contributed by atoms with E-state index in [1.54, 1.807) is 6.92 Å². The van der Waals surface area contributed by atoms with E-state index in [-0.39, 0.29) is 13.2 Å². The predicted octanol–water partition coefficient (Wildman–Crippen LogP) is 3.39. The fraction of sp³-hybridized carbons (Fsp3) is 0.333. The number of allylic oxidation sites excluding steroid dienone is 1. The van der Waals surface area contributed by atoms with E-state index < -0.39 is 23.7 Å². The fourth-order valence-electron chi connectivity index (χ4n) is 1.98. The number of benzene rings is 1. The van der Waals surface area contributed by atoms with Crippen molar-refractivity contribution in [3.8, 4) is 0 Å². The number of carbonyl (C=O) groups excluding carboxylic acids is 2. The number of rotatable bonds is 4. The summed E-state index contributed by atoms with van der Waals surface area (Å²) in [7, 11) is 0. The van der Waals surface area contributed by atoms with Gasteiger partial charge in [-0.05, 0) is 30.7 Å². The van der Waals surface area contributed by atoms with Crippen LogP contribution >= 0.6 is 0 Å². The zero-order valence-corrected chi connectivity index (χ0v) is 12.3. The molecule has 1 aromatic rings. The van der Waals surface area contributed by atoms with E-state index in [0.717, 1.165) is 17.0 Å². The first kappa shape index (κ1) is 16.9. The number of hydrogen-bond donors (Lipinski definition) is 1. The van der Waals surface area contributed by atoms with Crippen LogP contribution in [0.2, 0.25) is 0 Å². The number of amides is 2. The smallest absolute Gasteiger partial charge is 0.416 e. The summed E-state index contributed by atoms with van der Waals surface area (Å²) in [4.78, 5) is 24.2. The summed E-state index contributed by atoms with van der Waals surface area (Å²) < 4.78 is 42.2. The number of nitrogens with one attached hydrogen (secondary N) is 1. The van der Waals surface area contributed by atoms with Crippen molar-refractivity contribution in [2.75, 3.05) is 18.5 Å². The lowest BCUT2D eigenvalue weighted by molar-refractivity contribution is -0.137. The van der Waals surface area contributed by atoms with Gasteiger partial charge < -0.3 is 10.1 Å². The molecule has 1 heterocycles. The lowest BCUT2D eigenvalue weighted by atomic mass is 10.2. The van der Waals surface area contributed by atoms with Crippen LogP contribution in [0, 0.1) is 0 Å². The van der Waals surface area contributed by atoms with Crippen LogP contribution in [0.5, 0.6) is 0 Å². The first-order valence-electron chi connectivity index (χ1n) is 6.94. The highest BCUT2D eigenvalue weighted by Crippen LogP contribution is 2.30. The fourth-order valence-corrected chi connectivity index (χ4v) is 1.98. The average Bonchev–Trinajstić information content (AvgIpc) is 2.92. The second kappa shape index (κ2) is 6.72. The number of ether oxygens (including phenoxy) is 1. The monoisotopic (exact) mass is 328 g/mol. The Labute approximate surface area is 130 Å². The van der Waals surface area contributed by atoms with Gasteiger partial charge in [0.05, 0.1) is 12.1 Å². The molecule has 1 aromatic carbocycles. The zero-order chi connectivity index (χ0) is 17.0. The normalized spacial score (nSPS) is 15.6. The molecule has 2 amide bonds. The molecule has 0 atom stereocenters. The summed E-state index contributed by atoms with van der Waals surface area (Å²) in [5, 5.41) is 2.87. The third kappa shape index (κ3) is 4.24. The summed E-state index contributed by atoms with van der Waals surface area (Å²) >= 11 is 0. The highest BCUT2D eigenvalue weighted by molar-refractivity contribution is 5.99. The third-order valence-corrected chi connectivity index (χ3v) is 3.22.